The number of para-hydroxylation sites is 1. The Balaban J connectivity index is 1.64. The number of ether oxygens (including phenoxy) is 1. The number of aromatic nitrogens is 2. The highest BCUT2D eigenvalue weighted by molar-refractivity contribution is 7.93. The van der Waals surface area contributed by atoms with Crippen LogP contribution < -0.4 is 9.46 Å². The summed E-state index contributed by atoms with van der Waals surface area (Å²) < 4.78 is 37.2. The van der Waals surface area contributed by atoms with Crippen LogP contribution in [0.2, 0.25) is 0 Å². The van der Waals surface area contributed by atoms with Gasteiger partial charge < -0.3 is 9.64 Å². The van der Waals surface area contributed by atoms with Crippen LogP contribution in [0.1, 0.15) is 30.0 Å². The van der Waals surface area contributed by atoms with E-state index in [1.807, 2.05) is 18.2 Å². The molecule has 158 valence electrons. The minimum absolute atomic E-state index is 0.0609. The maximum absolute atomic E-state index is 12.6. The van der Waals surface area contributed by atoms with Crippen LogP contribution in [0.4, 0.5) is 5.13 Å². The van der Waals surface area contributed by atoms with Crippen LogP contribution >= 0.6 is 11.5 Å². The van der Waals surface area contributed by atoms with Gasteiger partial charge in [-0.3, -0.25) is 9.52 Å². The summed E-state index contributed by atoms with van der Waals surface area (Å²) in [4.78, 5) is 17.3. The van der Waals surface area contributed by atoms with E-state index in [-0.39, 0.29) is 33.3 Å². The molecule has 1 aliphatic heterocycles. The molecule has 1 fully saturated rings. The second-order valence-electron chi connectivity index (χ2n) is 6.82. The van der Waals surface area contributed by atoms with Gasteiger partial charge in [0.25, 0.3) is 10.0 Å². The van der Waals surface area contributed by atoms with Crippen molar-refractivity contribution in [3.8, 4) is 17.6 Å². The van der Waals surface area contributed by atoms with Gasteiger partial charge in [0.2, 0.25) is 11.0 Å². The van der Waals surface area contributed by atoms with Gasteiger partial charge in [-0.25, -0.2) is 13.4 Å². The van der Waals surface area contributed by atoms with Gasteiger partial charge in [0.1, 0.15) is 23.9 Å². The number of nitrogens with zero attached hydrogens (tertiary/aromatic N) is 4. The Kier molecular flexibility index (Phi) is 5.58. The number of anilines is 1. The number of benzene rings is 2. The van der Waals surface area contributed by atoms with E-state index in [0.717, 1.165) is 17.1 Å². The van der Waals surface area contributed by atoms with Crippen molar-refractivity contribution < 1.29 is 17.9 Å². The van der Waals surface area contributed by atoms with E-state index in [2.05, 4.69) is 14.1 Å². The lowest BCUT2D eigenvalue weighted by Crippen LogP contribution is -2.22. The van der Waals surface area contributed by atoms with Crippen LogP contribution in [0, 0.1) is 11.3 Å². The first-order valence-electron chi connectivity index (χ1n) is 9.25. The summed E-state index contributed by atoms with van der Waals surface area (Å²) in [5.41, 5.74) is 0.889. The summed E-state index contributed by atoms with van der Waals surface area (Å²) in [5, 5.41) is 9.71. The van der Waals surface area contributed by atoms with E-state index in [9.17, 15) is 18.5 Å². The Morgan fingerprint density at radius 1 is 1.26 bits per heavy atom. The Morgan fingerprint density at radius 2 is 2.06 bits per heavy atom. The molecule has 9 nitrogen and oxygen atoms in total. The molecule has 1 aliphatic rings. The smallest absolute Gasteiger partial charge is 0.263 e. The van der Waals surface area contributed by atoms with E-state index in [4.69, 9.17) is 4.74 Å². The zero-order valence-corrected chi connectivity index (χ0v) is 18.0. The first-order chi connectivity index (χ1) is 14.9. The zero-order valence-electron chi connectivity index (χ0n) is 16.3. The Hall–Kier alpha value is -3.49. The van der Waals surface area contributed by atoms with Gasteiger partial charge >= 0.3 is 0 Å². The second kappa shape index (κ2) is 8.33. The van der Waals surface area contributed by atoms with Crippen molar-refractivity contribution in [2.24, 2.45) is 0 Å². The van der Waals surface area contributed by atoms with E-state index in [1.54, 1.807) is 24.1 Å². The highest BCUT2D eigenvalue weighted by Crippen LogP contribution is 2.39. The van der Waals surface area contributed by atoms with Crippen LogP contribution in [0.15, 0.2) is 53.7 Å². The van der Waals surface area contributed by atoms with Crippen molar-refractivity contribution in [2.45, 2.75) is 23.8 Å². The van der Waals surface area contributed by atoms with E-state index in [0.29, 0.717) is 18.6 Å². The van der Waals surface area contributed by atoms with Crippen LogP contribution in [-0.2, 0) is 14.8 Å². The quantitative estimate of drug-likeness (QED) is 0.604. The molecule has 1 unspecified atom stereocenters. The summed E-state index contributed by atoms with van der Waals surface area (Å²) in [7, 11) is -2.18. The van der Waals surface area contributed by atoms with Crippen molar-refractivity contribution in [2.75, 3.05) is 11.8 Å². The fourth-order valence-corrected chi connectivity index (χ4v) is 5.07. The molecule has 1 aromatic heterocycles. The molecule has 1 atom stereocenters. The number of rotatable bonds is 6. The lowest BCUT2D eigenvalue weighted by Gasteiger charge is -2.23. The molecule has 31 heavy (non-hydrogen) atoms. The molecule has 0 aliphatic carbocycles. The predicted octanol–water partition coefficient (Wildman–Crippen LogP) is 3.30. The van der Waals surface area contributed by atoms with E-state index < -0.39 is 10.0 Å². The molecule has 3 aromatic rings. The number of amides is 1. The molecule has 2 heterocycles. The Bertz CT molecular complexity index is 1270. The van der Waals surface area contributed by atoms with Crippen molar-refractivity contribution in [1.29, 1.82) is 5.26 Å². The summed E-state index contributed by atoms with van der Waals surface area (Å²) in [6.45, 7) is 0. The average molecular weight is 456 g/mol. The van der Waals surface area contributed by atoms with Crippen LogP contribution in [-0.4, -0.2) is 35.6 Å². The Labute approximate surface area is 183 Å². The summed E-state index contributed by atoms with van der Waals surface area (Å²) in [6.07, 6.45) is 2.38. The third-order valence-electron chi connectivity index (χ3n) is 4.96. The highest BCUT2D eigenvalue weighted by Gasteiger charge is 2.31. The van der Waals surface area contributed by atoms with Crippen molar-refractivity contribution in [3.05, 3.63) is 59.9 Å². The standard InChI is InChI=1S/C20H17N5O4S2/c1-25-16(7-9-19(25)26)15-4-2-3-5-18(15)29-17-8-6-14(10-13(17)11-21)31(27,28)24-20-22-12-23-30-20/h2-6,8,10,12,16H,7,9H2,1H3,(H,22,23,24). The number of nitriles is 1. The zero-order chi connectivity index (χ0) is 22.0. The molecular weight excluding hydrogens is 438 g/mol. The van der Waals surface area contributed by atoms with Crippen molar-refractivity contribution >= 4 is 32.6 Å². The fourth-order valence-electron chi connectivity index (χ4n) is 3.38. The average Bonchev–Trinajstić information content (AvgIpc) is 3.38. The fraction of sp³-hybridized carbons (Fsp3) is 0.200. The summed E-state index contributed by atoms with van der Waals surface area (Å²) in [6, 6.07) is 13.2. The molecule has 0 radical (unpaired) electrons. The SMILES string of the molecule is CN1C(=O)CCC1c1ccccc1Oc1ccc(S(=O)(=O)Nc2ncns2)cc1C#N. The molecule has 4 rings (SSSR count). The number of carbonyl (C=O) groups excluding carboxylic acids is 1. The second-order valence-corrected chi connectivity index (χ2v) is 9.28. The van der Waals surface area contributed by atoms with E-state index >= 15 is 0 Å². The van der Waals surface area contributed by atoms with Gasteiger partial charge in [0.05, 0.1) is 16.5 Å². The number of likely N-dealkylation sites (tertiary alicyclic amines) is 1. The lowest BCUT2D eigenvalue weighted by molar-refractivity contribution is -0.127. The van der Waals surface area contributed by atoms with Gasteiger partial charge in [-0.15, -0.1) is 0 Å². The largest absolute Gasteiger partial charge is 0.456 e. The molecule has 0 bridgehead atoms. The summed E-state index contributed by atoms with van der Waals surface area (Å²) in [5.74, 6) is 0.792. The minimum atomic E-state index is -3.93. The maximum atomic E-state index is 12.6. The molecule has 2 aromatic carbocycles. The molecule has 0 saturated carbocycles. The van der Waals surface area contributed by atoms with E-state index in [1.165, 1.54) is 24.5 Å². The molecule has 1 amide bonds. The first kappa shape index (κ1) is 20.8. The van der Waals surface area contributed by atoms with Crippen LogP contribution in [0.5, 0.6) is 11.5 Å². The molecule has 1 saturated heterocycles. The molecular formula is C20H17N5O4S2. The van der Waals surface area contributed by atoms with Gasteiger partial charge in [-0.2, -0.15) is 9.64 Å². The van der Waals surface area contributed by atoms with Crippen molar-refractivity contribution in [3.63, 3.8) is 0 Å². The monoisotopic (exact) mass is 455 g/mol. The number of nitrogens with one attached hydrogen (secondary N) is 1. The number of carbonyl (C=O) groups is 1. The lowest BCUT2D eigenvalue weighted by atomic mass is 10.0. The molecule has 1 N–H and O–H groups in total. The number of sulfonamides is 1. The number of hydrogen-bond donors (Lipinski definition) is 1. The van der Waals surface area contributed by atoms with Crippen molar-refractivity contribution in [1.82, 2.24) is 14.3 Å². The van der Waals surface area contributed by atoms with Gasteiger partial charge in [-0.1, -0.05) is 18.2 Å². The Morgan fingerprint density at radius 3 is 2.74 bits per heavy atom. The normalized spacial score (nSPS) is 16.2. The summed E-state index contributed by atoms with van der Waals surface area (Å²) >= 11 is 0.904. The van der Waals surface area contributed by atoms with Gasteiger partial charge in [0.15, 0.2) is 0 Å². The number of hydrogen-bond acceptors (Lipinski definition) is 8. The highest BCUT2D eigenvalue weighted by atomic mass is 32.2. The first-order valence-corrected chi connectivity index (χ1v) is 11.5. The minimum Gasteiger partial charge on any atom is -0.456 e. The van der Waals surface area contributed by atoms with Crippen LogP contribution in [0.25, 0.3) is 0 Å². The predicted molar refractivity (Wildman–Crippen MR) is 113 cm³/mol. The molecule has 0 spiro atoms. The topological polar surface area (TPSA) is 125 Å². The third kappa shape index (κ3) is 4.21. The van der Waals surface area contributed by atoms with Crippen LogP contribution in [0.3, 0.4) is 0 Å². The van der Waals surface area contributed by atoms with Gasteiger partial charge in [0, 0.05) is 30.6 Å². The maximum Gasteiger partial charge on any atom is 0.263 e. The van der Waals surface area contributed by atoms with Gasteiger partial charge in [-0.05, 0) is 30.7 Å². The third-order valence-corrected chi connectivity index (χ3v) is 7.00. The molecule has 11 heteroatoms.